The normalized spacial score (nSPS) is 22.4. The summed E-state index contributed by atoms with van der Waals surface area (Å²) >= 11 is 0. The molecule has 0 radical (unpaired) electrons. The van der Waals surface area contributed by atoms with Gasteiger partial charge in [-0.15, -0.1) is 0 Å². The summed E-state index contributed by atoms with van der Waals surface area (Å²) in [4.78, 5) is 2.61. The van der Waals surface area contributed by atoms with Crippen molar-refractivity contribution < 1.29 is 0 Å². The fourth-order valence-corrected chi connectivity index (χ4v) is 2.91. The zero-order chi connectivity index (χ0) is 12.4. The Morgan fingerprint density at radius 3 is 2.39 bits per heavy atom. The van der Waals surface area contributed by atoms with Gasteiger partial charge in [-0.25, -0.2) is 0 Å². The number of nitriles is 1. The number of nitrogens with zero attached hydrogens (tertiary/aromatic N) is 2. The fraction of sp³-hybridized carbons (Fsp3) is 0.533. The molecule has 2 aliphatic rings. The molecule has 1 aliphatic carbocycles. The second kappa shape index (κ2) is 5.09. The Labute approximate surface area is 108 Å². The van der Waals surface area contributed by atoms with E-state index in [2.05, 4.69) is 28.4 Å². The molecule has 0 unspecified atom stereocenters. The van der Waals surface area contributed by atoms with E-state index in [0.717, 1.165) is 37.7 Å². The smallest absolute Gasteiger partial charge is 0.0991 e. The van der Waals surface area contributed by atoms with Crippen molar-refractivity contribution in [2.75, 3.05) is 26.2 Å². The van der Waals surface area contributed by atoms with Gasteiger partial charge in [-0.1, -0.05) is 12.1 Å². The zero-order valence-corrected chi connectivity index (χ0v) is 10.6. The molecule has 2 fully saturated rings. The summed E-state index contributed by atoms with van der Waals surface area (Å²) in [5.41, 5.74) is 2.15. The van der Waals surface area contributed by atoms with Gasteiger partial charge >= 0.3 is 0 Å². The van der Waals surface area contributed by atoms with Gasteiger partial charge in [-0.2, -0.15) is 5.26 Å². The van der Waals surface area contributed by atoms with Crippen LogP contribution in [0.5, 0.6) is 0 Å². The zero-order valence-electron chi connectivity index (χ0n) is 10.6. The predicted octanol–water partition coefficient (Wildman–Crippen LogP) is 1.91. The molecular weight excluding hydrogens is 222 g/mol. The lowest BCUT2D eigenvalue weighted by Crippen LogP contribution is -2.45. The number of benzene rings is 1. The van der Waals surface area contributed by atoms with Gasteiger partial charge in [-0.3, -0.25) is 4.90 Å². The molecule has 1 aromatic carbocycles. The Balaban J connectivity index is 1.81. The highest BCUT2D eigenvalue weighted by atomic mass is 15.2. The number of piperazine rings is 1. The van der Waals surface area contributed by atoms with Crippen molar-refractivity contribution in [3.05, 3.63) is 35.4 Å². The summed E-state index contributed by atoms with van der Waals surface area (Å²) in [6.07, 6.45) is 2.71. The molecule has 0 bridgehead atoms. The molecule has 1 heterocycles. The minimum Gasteiger partial charge on any atom is -0.314 e. The molecule has 1 saturated heterocycles. The Hall–Kier alpha value is -1.37. The molecule has 18 heavy (non-hydrogen) atoms. The van der Waals surface area contributed by atoms with Gasteiger partial charge in [0.2, 0.25) is 0 Å². The third kappa shape index (κ3) is 2.40. The van der Waals surface area contributed by atoms with Crippen LogP contribution in [0, 0.1) is 17.2 Å². The Morgan fingerprint density at radius 1 is 1.17 bits per heavy atom. The highest BCUT2D eigenvalue weighted by Crippen LogP contribution is 2.44. The van der Waals surface area contributed by atoms with Crippen LogP contribution in [-0.2, 0) is 0 Å². The molecule has 1 aliphatic heterocycles. The van der Waals surface area contributed by atoms with Crippen molar-refractivity contribution in [1.82, 2.24) is 10.2 Å². The second-order valence-corrected chi connectivity index (χ2v) is 5.30. The summed E-state index contributed by atoms with van der Waals surface area (Å²) in [5.74, 6) is 0.830. The predicted molar refractivity (Wildman–Crippen MR) is 71.1 cm³/mol. The third-order valence-electron chi connectivity index (χ3n) is 3.99. The van der Waals surface area contributed by atoms with Crippen LogP contribution in [-0.4, -0.2) is 31.1 Å². The number of hydrogen-bond donors (Lipinski definition) is 1. The SMILES string of the molecule is N#Cc1ccc([C@@H](C2CC2)N2CCNCC2)cc1. The number of nitrogens with one attached hydrogen (secondary N) is 1. The van der Waals surface area contributed by atoms with Gasteiger partial charge in [0.1, 0.15) is 0 Å². The van der Waals surface area contributed by atoms with Crippen LogP contribution >= 0.6 is 0 Å². The summed E-state index contributed by atoms with van der Waals surface area (Å²) in [7, 11) is 0. The maximum Gasteiger partial charge on any atom is 0.0991 e. The first kappa shape index (κ1) is 11.7. The maximum atomic E-state index is 8.87. The summed E-state index contributed by atoms with van der Waals surface area (Å²) in [5, 5.41) is 12.3. The molecule has 3 rings (SSSR count). The van der Waals surface area contributed by atoms with E-state index in [0.29, 0.717) is 6.04 Å². The third-order valence-corrected chi connectivity index (χ3v) is 3.99. The topological polar surface area (TPSA) is 39.1 Å². The van der Waals surface area contributed by atoms with E-state index in [1.807, 2.05) is 12.1 Å². The average Bonchev–Trinajstić information content (AvgIpc) is 3.26. The molecule has 3 nitrogen and oxygen atoms in total. The number of hydrogen-bond acceptors (Lipinski definition) is 3. The molecular formula is C15H19N3. The van der Waals surface area contributed by atoms with E-state index in [1.54, 1.807) is 0 Å². The second-order valence-electron chi connectivity index (χ2n) is 5.30. The molecule has 1 saturated carbocycles. The van der Waals surface area contributed by atoms with Crippen LogP contribution in [0.3, 0.4) is 0 Å². The first-order valence-corrected chi connectivity index (χ1v) is 6.83. The van der Waals surface area contributed by atoms with Gasteiger partial charge in [0.15, 0.2) is 0 Å². The minimum absolute atomic E-state index is 0.569. The lowest BCUT2D eigenvalue weighted by molar-refractivity contribution is 0.156. The van der Waals surface area contributed by atoms with E-state index >= 15 is 0 Å². The molecule has 1 aromatic rings. The fourth-order valence-electron chi connectivity index (χ4n) is 2.91. The molecule has 0 spiro atoms. The van der Waals surface area contributed by atoms with Crippen molar-refractivity contribution in [3.63, 3.8) is 0 Å². The van der Waals surface area contributed by atoms with Gasteiger partial charge in [0.25, 0.3) is 0 Å². The van der Waals surface area contributed by atoms with Crippen LogP contribution in [0.25, 0.3) is 0 Å². The summed E-state index contributed by atoms with van der Waals surface area (Å²) < 4.78 is 0. The summed E-state index contributed by atoms with van der Waals surface area (Å²) in [6.45, 7) is 4.47. The van der Waals surface area contributed by atoms with Crippen LogP contribution in [0.1, 0.15) is 30.0 Å². The Morgan fingerprint density at radius 2 is 1.83 bits per heavy atom. The van der Waals surface area contributed by atoms with Crippen molar-refractivity contribution in [1.29, 1.82) is 5.26 Å². The highest BCUT2D eigenvalue weighted by Gasteiger charge is 2.36. The Bertz CT molecular complexity index is 436. The summed E-state index contributed by atoms with van der Waals surface area (Å²) in [6, 6.07) is 11.0. The van der Waals surface area contributed by atoms with Crippen molar-refractivity contribution in [2.24, 2.45) is 5.92 Å². The van der Waals surface area contributed by atoms with Crippen molar-refractivity contribution >= 4 is 0 Å². The van der Waals surface area contributed by atoms with Crippen molar-refractivity contribution in [3.8, 4) is 6.07 Å². The molecule has 94 valence electrons. The monoisotopic (exact) mass is 241 g/mol. The van der Waals surface area contributed by atoms with Crippen LogP contribution in [0.2, 0.25) is 0 Å². The highest BCUT2D eigenvalue weighted by molar-refractivity contribution is 5.33. The van der Waals surface area contributed by atoms with Crippen LogP contribution in [0.15, 0.2) is 24.3 Å². The largest absolute Gasteiger partial charge is 0.314 e. The van der Waals surface area contributed by atoms with E-state index in [9.17, 15) is 0 Å². The quantitative estimate of drug-likeness (QED) is 0.878. The molecule has 3 heteroatoms. The maximum absolute atomic E-state index is 8.87. The van der Waals surface area contributed by atoms with Gasteiger partial charge in [0, 0.05) is 32.2 Å². The first-order valence-electron chi connectivity index (χ1n) is 6.83. The van der Waals surface area contributed by atoms with Gasteiger partial charge in [0.05, 0.1) is 11.6 Å². The van der Waals surface area contributed by atoms with E-state index < -0.39 is 0 Å². The first-order chi connectivity index (χ1) is 8.88. The Kier molecular flexibility index (Phi) is 3.31. The standard InChI is InChI=1S/C15H19N3/c16-11-12-1-3-13(4-2-12)15(14-5-6-14)18-9-7-17-8-10-18/h1-4,14-15,17H,5-10H2/t15-/m0/s1. The van der Waals surface area contributed by atoms with E-state index in [-0.39, 0.29) is 0 Å². The van der Waals surface area contributed by atoms with E-state index in [1.165, 1.54) is 18.4 Å². The lowest BCUT2D eigenvalue weighted by atomic mass is 9.99. The minimum atomic E-state index is 0.569. The molecule has 1 atom stereocenters. The average molecular weight is 241 g/mol. The van der Waals surface area contributed by atoms with Gasteiger partial charge in [-0.05, 0) is 36.5 Å². The molecule has 0 amide bonds. The van der Waals surface area contributed by atoms with Gasteiger partial charge < -0.3 is 5.32 Å². The van der Waals surface area contributed by atoms with Crippen LogP contribution < -0.4 is 5.32 Å². The molecule has 0 aromatic heterocycles. The van der Waals surface area contributed by atoms with E-state index in [4.69, 9.17) is 5.26 Å². The van der Waals surface area contributed by atoms with Crippen molar-refractivity contribution in [2.45, 2.75) is 18.9 Å². The lowest BCUT2D eigenvalue weighted by Gasteiger charge is -2.35. The number of rotatable bonds is 3. The van der Waals surface area contributed by atoms with Crippen LogP contribution in [0.4, 0.5) is 0 Å². The molecule has 1 N–H and O–H groups in total.